The fourth-order valence-corrected chi connectivity index (χ4v) is 3.88. The molecule has 0 saturated carbocycles. The molecule has 0 spiro atoms. The van der Waals surface area contributed by atoms with Gasteiger partial charge in [0.05, 0.1) is 5.52 Å². The first-order valence-electron chi connectivity index (χ1n) is 8.37. The van der Waals surface area contributed by atoms with E-state index in [0.29, 0.717) is 5.56 Å². The van der Waals surface area contributed by atoms with Gasteiger partial charge in [-0.1, -0.05) is 18.2 Å². The van der Waals surface area contributed by atoms with Crippen molar-refractivity contribution in [1.82, 2.24) is 10.0 Å². The molecule has 2 N–H and O–H groups in total. The first-order chi connectivity index (χ1) is 11.7. The molecule has 1 aliphatic rings. The molecular weight excluding hydrogens is 300 g/mol. The molecule has 4 heteroatoms. The van der Waals surface area contributed by atoms with E-state index in [9.17, 15) is 4.79 Å². The van der Waals surface area contributed by atoms with Crippen LogP contribution >= 0.6 is 0 Å². The van der Waals surface area contributed by atoms with Crippen LogP contribution in [-0.4, -0.2) is 15.7 Å². The first kappa shape index (κ1) is 15.0. The molecule has 1 amide bonds. The summed E-state index contributed by atoms with van der Waals surface area (Å²) in [4.78, 5) is 11.6. The zero-order chi connectivity index (χ0) is 16.7. The Bertz CT molecular complexity index is 940. The molecule has 0 aliphatic heterocycles. The lowest BCUT2D eigenvalue weighted by molar-refractivity contribution is 0.0706. The summed E-state index contributed by atoms with van der Waals surface area (Å²) in [5.41, 5.74) is 8.37. The van der Waals surface area contributed by atoms with E-state index in [-0.39, 0.29) is 0 Å². The fourth-order valence-electron chi connectivity index (χ4n) is 3.88. The quantitative estimate of drug-likeness (QED) is 0.555. The number of aryl methyl sites for hydroxylation is 2. The van der Waals surface area contributed by atoms with E-state index in [1.807, 2.05) is 19.1 Å². The predicted molar refractivity (Wildman–Crippen MR) is 93.9 cm³/mol. The van der Waals surface area contributed by atoms with Crippen molar-refractivity contribution in [2.24, 2.45) is 0 Å². The minimum atomic E-state index is -0.482. The second-order valence-corrected chi connectivity index (χ2v) is 6.43. The van der Waals surface area contributed by atoms with Gasteiger partial charge in [-0.05, 0) is 68.0 Å². The number of hydrogen-bond donors (Lipinski definition) is 2. The lowest BCUT2D eigenvalue weighted by atomic mass is 9.95. The summed E-state index contributed by atoms with van der Waals surface area (Å²) >= 11 is 0. The van der Waals surface area contributed by atoms with Crippen molar-refractivity contribution in [2.45, 2.75) is 32.6 Å². The van der Waals surface area contributed by atoms with Crippen LogP contribution in [0.1, 0.15) is 40.0 Å². The molecule has 4 nitrogen and oxygen atoms in total. The van der Waals surface area contributed by atoms with Crippen LogP contribution in [0.2, 0.25) is 0 Å². The standard InChI is InChI=1S/C20H20N2O2/c1-13-12-14(20(23)21-24)10-11-17(13)22-18-8-4-2-6-15(18)16-7-3-5-9-19(16)22/h2,4,6,8,10-12,24H,3,5,7,9H2,1H3,(H,21,23). The van der Waals surface area contributed by atoms with Gasteiger partial charge in [0, 0.05) is 22.3 Å². The Morgan fingerprint density at radius 2 is 1.92 bits per heavy atom. The monoisotopic (exact) mass is 320 g/mol. The summed E-state index contributed by atoms with van der Waals surface area (Å²) in [7, 11) is 0. The molecule has 0 atom stereocenters. The number of aromatic nitrogens is 1. The van der Waals surface area contributed by atoms with Gasteiger partial charge in [0.25, 0.3) is 5.91 Å². The van der Waals surface area contributed by atoms with E-state index in [1.165, 1.54) is 35.0 Å². The fraction of sp³-hybridized carbons (Fsp3) is 0.250. The van der Waals surface area contributed by atoms with E-state index in [4.69, 9.17) is 5.21 Å². The van der Waals surface area contributed by atoms with Crippen LogP contribution in [0.25, 0.3) is 16.6 Å². The lowest BCUT2D eigenvalue weighted by Crippen LogP contribution is -2.19. The van der Waals surface area contributed by atoms with Gasteiger partial charge in [-0.2, -0.15) is 0 Å². The number of nitrogens with zero attached hydrogens (tertiary/aromatic N) is 1. The largest absolute Gasteiger partial charge is 0.313 e. The van der Waals surface area contributed by atoms with E-state index in [1.54, 1.807) is 11.5 Å². The molecule has 2 aromatic carbocycles. The minimum absolute atomic E-state index is 0.462. The molecule has 0 bridgehead atoms. The van der Waals surface area contributed by atoms with Gasteiger partial charge in [-0.3, -0.25) is 10.0 Å². The van der Waals surface area contributed by atoms with Gasteiger partial charge < -0.3 is 4.57 Å². The number of hydroxylamine groups is 1. The summed E-state index contributed by atoms with van der Waals surface area (Å²) < 4.78 is 2.35. The molecule has 0 saturated heterocycles. The van der Waals surface area contributed by atoms with Gasteiger partial charge in [-0.25, -0.2) is 5.48 Å². The molecule has 0 radical (unpaired) electrons. The molecule has 1 aliphatic carbocycles. The van der Waals surface area contributed by atoms with Gasteiger partial charge in [0.1, 0.15) is 0 Å². The highest BCUT2D eigenvalue weighted by atomic mass is 16.5. The van der Waals surface area contributed by atoms with Crippen LogP contribution in [0.4, 0.5) is 0 Å². The second kappa shape index (κ2) is 5.80. The third kappa shape index (κ3) is 2.22. The molecule has 0 fully saturated rings. The third-order valence-corrected chi connectivity index (χ3v) is 4.98. The van der Waals surface area contributed by atoms with Gasteiger partial charge in [-0.15, -0.1) is 0 Å². The normalized spacial score (nSPS) is 13.8. The lowest BCUT2D eigenvalue weighted by Gasteiger charge is -2.18. The second-order valence-electron chi connectivity index (χ2n) is 6.43. The zero-order valence-electron chi connectivity index (χ0n) is 13.7. The predicted octanol–water partition coefficient (Wildman–Crippen LogP) is 3.94. The van der Waals surface area contributed by atoms with Crippen molar-refractivity contribution >= 4 is 16.8 Å². The SMILES string of the molecule is Cc1cc(C(=O)NO)ccc1-n1c2c(c3ccccc31)CCCC2. The maximum Gasteiger partial charge on any atom is 0.274 e. The van der Waals surface area contributed by atoms with Crippen molar-refractivity contribution in [3.63, 3.8) is 0 Å². The number of carbonyl (C=O) groups is 1. The molecule has 1 heterocycles. The zero-order valence-corrected chi connectivity index (χ0v) is 13.7. The Kier molecular flexibility index (Phi) is 3.62. The number of para-hydroxylation sites is 1. The molecular formula is C20H20N2O2. The highest BCUT2D eigenvalue weighted by Crippen LogP contribution is 2.35. The Balaban J connectivity index is 1.96. The maximum atomic E-state index is 11.6. The first-order valence-corrected chi connectivity index (χ1v) is 8.37. The minimum Gasteiger partial charge on any atom is -0.313 e. The van der Waals surface area contributed by atoms with Gasteiger partial charge >= 0.3 is 0 Å². The Hall–Kier alpha value is -2.59. The summed E-state index contributed by atoms with van der Waals surface area (Å²) in [5, 5.41) is 10.2. The number of amides is 1. The molecule has 4 rings (SSSR count). The van der Waals surface area contributed by atoms with E-state index >= 15 is 0 Å². The van der Waals surface area contributed by atoms with Crippen molar-refractivity contribution in [1.29, 1.82) is 0 Å². The van der Waals surface area contributed by atoms with Crippen molar-refractivity contribution in [2.75, 3.05) is 0 Å². The van der Waals surface area contributed by atoms with Gasteiger partial charge in [0.15, 0.2) is 0 Å². The number of carbonyl (C=O) groups excluding carboxylic acids is 1. The summed E-state index contributed by atoms with van der Waals surface area (Å²) in [6.07, 6.45) is 4.68. The number of fused-ring (bicyclic) bond motifs is 3. The van der Waals surface area contributed by atoms with E-state index < -0.39 is 5.91 Å². The molecule has 3 aromatic rings. The summed E-state index contributed by atoms with van der Waals surface area (Å²) in [5.74, 6) is -0.482. The number of rotatable bonds is 2. The van der Waals surface area contributed by atoms with Crippen molar-refractivity contribution in [3.8, 4) is 5.69 Å². The Morgan fingerprint density at radius 3 is 2.71 bits per heavy atom. The van der Waals surface area contributed by atoms with Crippen LogP contribution in [0.3, 0.4) is 0 Å². The maximum absolute atomic E-state index is 11.6. The highest BCUT2D eigenvalue weighted by molar-refractivity contribution is 5.94. The van der Waals surface area contributed by atoms with Crippen LogP contribution < -0.4 is 5.48 Å². The number of nitrogens with one attached hydrogen (secondary N) is 1. The smallest absolute Gasteiger partial charge is 0.274 e. The van der Waals surface area contributed by atoms with Crippen molar-refractivity contribution in [3.05, 3.63) is 64.8 Å². The van der Waals surface area contributed by atoms with Crippen molar-refractivity contribution < 1.29 is 10.0 Å². The van der Waals surface area contributed by atoms with E-state index in [0.717, 1.165) is 24.1 Å². The van der Waals surface area contributed by atoms with Crippen LogP contribution in [0, 0.1) is 6.92 Å². The average molecular weight is 320 g/mol. The van der Waals surface area contributed by atoms with Gasteiger partial charge in [0.2, 0.25) is 0 Å². The molecule has 122 valence electrons. The Labute approximate surface area is 140 Å². The van der Waals surface area contributed by atoms with E-state index in [2.05, 4.69) is 28.8 Å². The van der Waals surface area contributed by atoms with Crippen LogP contribution in [-0.2, 0) is 12.8 Å². The molecule has 24 heavy (non-hydrogen) atoms. The van der Waals surface area contributed by atoms with Crippen LogP contribution in [0.5, 0.6) is 0 Å². The topological polar surface area (TPSA) is 54.3 Å². The summed E-state index contributed by atoms with van der Waals surface area (Å²) in [6, 6.07) is 14.1. The summed E-state index contributed by atoms with van der Waals surface area (Å²) in [6.45, 7) is 2.01. The third-order valence-electron chi connectivity index (χ3n) is 4.98. The Morgan fingerprint density at radius 1 is 1.12 bits per heavy atom. The highest BCUT2D eigenvalue weighted by Gasteiger charge is 2.21. The average Bonchev–Trinajstić information content (AvgIpc) is 2.95. The number of benzene rings is 2. The molecule has 1 aromatic heterocycles. The number of hydrogen-bond acceptors (Lipinski definition) is 2. The molecule has 0 unspecified atom stereocenters. The van der Waals surface area contributed by atoms with Crippen LogP contribution in [0.15, 0.2) is 42.5 Å².